The molecule has 0 saturated heterocycles. The molecule has 0 fully saturated rings. The molecule has 16 heavy (non-hydrogen) atoms. The van der Waals surface area contributed by atoms with Crippen LogP contribution in [0.4, 0.5) is 0 Å². The van der Waals surface area contributed by atoms with Crippen molar-refractivity contribution in [2.45, 2.75) is 52.2 Å². The van der Waals surface area contributed by atoms with E-state index in [1.54, 1.807) is 0 Å². The highest BCUT2D eigenvalue weighted by molar-refractivity contribution is 5.28. The van der Waals surface area contributed by atoms with Crippen LogP contribution in [0.3, 0.4) is 0 Å². The van der Waals surface area contributed by atoms with Gasteiger partial charge in [0.2, 0.25) is 0 Å². The van der Waals surface area contributed by atoms with Crippen LogP contribution in [0.2, 0.25) is 0 Å². The summed E-state index contributed by atoms with van der Waals surface area (Å²) in [6.45, 7) is 8.31. The molecule has 2 nitrogen and oxygen atoms in total. The van der Waals surface area contributed by atoms with Crippen LogP contribution in [-0.2, 0) is 6.42 Å². The molecule has 1 atom stereocenters. The third kappa shape index (κ3) is 4.23. The van der Waals surface area contributed by atoms with Crippen LogP contribution in [0, 0.1) is 0 Å². The van der Waals surface area contributed by atoms with Crippen LogP contribution in [0.5, 0.6) is 5.75 Å². The molecule has 0 heterocycles. The van der Waals surface area contributed by atoms with Crippen molar-refractivity contribution in [2.75, 3.05) is 0 Å². The van der Waals surface area contributed by atoms with Crippen molar-refractivity contribution in [3.05, 3.63) is 29.8 Å². The summed E-state index contributed by atoms with van der Waals surface area (Å²) in [5.74, 6) is 0.935. The lowest BCUT2D eigenvalue weighted by Crippen LogP contribution is -2.35. The van der Waals surface area contributed by atoms with Gasteiger partial charge in [0.05, 0.1) is 0 Å². The molecule has 0 radical (unpaired) electrons. The topological polar surface area (TPSA) is 35.2 Å². The standard InChI is InChI=1S/C14H23NO/c1-5-12-7-6-8-13(9-12)16-14(3,4)10-11(2)15/h6-9,11H,5,10,15H2,1-4H3. The molecule has 90 valence electrons. The Morgan fingerprint density at radius 3 is 2.62 bits per heavy atom. The number of nitrogens with two attached hydrogens (primary N) is 1. The molecule has 0 aliphatic rings. The zero-order valence-corrected chi connectivity index (χ0v) is 10.8. The van der Waals surface area contributed by atoms with Gasteiger partial charge < -0.3 is 10.5 Å². The second-order valence-electron chi connectivity index (χ2n) is 5.04. The lowest BCUT2D eigenvalue weighted by atomic mass is 10.00. The number of hydrogen-bond donors (Lipinski definition) is 1. The first-order valence-corrected chi connectivity index (χ1v) is 5.96. The van der Waals surface area contributed by atoms with Gasteiger partial charge in [0.1, 0.15) is 11.4 Å². The second-order valence-corrected chi connectivity index (χ2v) is 5.04. The van der Waals surface area contributed by atoms with Gasteiger partial charge in [-0.1, -0.05) is 19.1 Å². The predicted molar refractivity (Wildman–Crippen MR) is 68.8 cm³/mol. The normalized spacial score (nSPS) is 13.6. The molecule has 1 rings (SSSR count). The van der Waals surface area contributed by atoms with Crippen molar-refractivity contribution < 1.29 is 4.74 Å². The molecule has 1 aromatic rings. The number of hydrogen-bond acceptors (Lipinski definition) is 2. The van der Waals surface area contributed by atoms with E-state index in [4.69, 9.17) is 10.5 Å². The maximum absolute atomic E-state index is 5.98. The van der Waals surface area contributed by atoms with Gasteiger partial charge in [0.25, 0.3) is 0 Å². The minimum absolute atomic E-state index is 0.157. The second kappa shape index (κ2) is 5.35. The summed E-state index contributed by atoms with van der Waals surface area (Å²) in [6.07, 6.45) is 1.88. The highest BCUT2D eigenvalue weighted by atomic mass is 16.5. The summed E-state index contributed by atoms with van der Waals surface area (Å²) in [4.78, 5) is 0. The van der Waals surface area contributed by atoms with E-state index in [-0.39, 0.29) is 11.6 Å². The highest BCUT2D eigenvalue weighted by Crippen LogP contribution is 2.22. The zero-order chi connectivity index (χ0) is 12.2. The average Bonchev–Trinajstić information content (AvgIpc) is 2.15. The van der Waals surface area contributed by atoms with E-state index in [9.17, 15) is 0 Å². The molecule has 0 aromatic heterocycles. The third-order valence-corrected chi connectivity index (χ3v) is 2.51. The molecule has 2 heteroatoms. The number of benzene rings is 1. The van der Waals surface area contributed by atoms with Crippen molar-refractivity contribution >= 4 is 0 Å². The van der Waals surface area contributed by atoms with Gasteiger partial charge in [-0.3, -0.25) is 0 Å². The Morgan fingerprint density at radius 1 is 1.38 bits per heavy atom. The van der Waals surface area contributed by atoms with Gasteiger partial charge in [-0.05, 0) is 44.9 Å². The summed E-state index contributed by atoms with van der Waals surface area (Å²) in [5, 5.41) is 0. The lowest BCUT2D eigenvalue weighted by Gasteiger charge is -2.28. The Labute approximate surface area is 98.8 Å². The first kappa shape index (κ1) is 13.0. The van der Waals surface area contributed by atoms with Gasteiger partial charge in [-0.2, -0.15) is 0 Å². The van der Waals surface area contributed by atoms with E-state index in [0.717, 1.165) is 18.6 Å². The van der Waals surface area contributed by atoms with E-state index in [2.05, 4.69) is 32.9 Å². The molecule has 1 unspecified atom stereocenters. The van der Waals surface area contributed by atoms with E-state index < -0.39 is 0 Å². The summed E-state index contributed by atoms with van der Waals surface area (Å²) < 4.78 is 5.98. The van der Waals surface area contributed by atoms with Crippen LogP contribution in [-0.4, -0.2) is 11.6 Å². The minimum Gasteiger partial charge on any atom is -0.488 e. The van der Waals surface area contributed by atoms with Crippen LogP contribution < -0.4 is 10.5 Å². The smallest absolute Gasteiger partial charge is 0.120 e. The van der Waals surface area contributed by atoms with Crippen molar-refractivity contribution in [2.24, 2.45) is 5.73 Å². The maximum Gasteiger partial charge on any atom is 0.120 e. The van der Waals surface area contributed by atoms with Crippen LogP contribution >= 0.6 is 0 Å². The summed E-state index contributed by atoms with van der Waals surface area (Å²) >= 11 is 0. The maximum atomic E-state index is 5.98. The van der Waals surface area contributed by atoms with Gasteiger partial charge in [0.15, 0.2) is 0 Å². The first-order valence-electron chi connectivity index (χ1n) is 5.96. The first-order chi connectivity index (χ1) is 7.43. The fourth-order valence-electron chi connectivity index (χ4n) is 1.96. The minimum atomic E-state index is -0.208. The molecule has 0 saturated carbocycles. The van der Waals surface area contributed by atoms with E-state index in [1.165, 1.54) is 5.56 Å². The van der Waals surface area contributed by atoms with E-state index >= 15 is 0 Å². The lowest BCUT2D eigenvalue weighted by molar-refractivity contribution is 0.0932. The van der Waals surface area contributed by atoms with E-state index in [1.807, 2.05) is 19.1 Å². The third-order valence-electron chi connectivity index (χ3n) is 2.51. The van der Waals surface area contributed by atoms with Crippen molar-refractivity contribution in [1.29, 1.82) is 0 Å². The van der Waals surface area contributed by atoms with Gasteiger partial charge in [0, 0.05) is 12.5 Å². The van der Waals surface area contributed by atoms with Crippen LogP contribution in [0.1, 0.15) is 39.7 Å². The van der Waals surface area contributed by atoms with Crippen molar-refractivity contribution in [3.63, 3.8) is 0 Å². The van der Waals surface area contributed by atoms with Crippen LogP contribution in [0.15, 0.2) is 24.3 Å². The van der Waals surface area contributed by atoms with Crippen LogP contribution in [0.25, 0.3) is 0 Å². The summed E-state index contributed by atoms with van der Waals surface area (Å²) in [6, 6.07) is 8.41. The molecule has 1 aromatic carbocycles. The molecule has 0 spiro atoms. The molecular formula is C14H23NO. The summed E-state index contributed by atoms with van der Waals surface area (Å²) in [5.41, 5.74) is 6.90. The molecule has 0 bridgehead atoms. The molecular weight excluding hydrogens is 198 g/mol. The van der Waals surface area contributed by atoms with Gasteiger partial charge in [-0.25, -0.2) is 0 Å². The number of aryl methyl sites for hydroxylation is 1. The Morgan fingerprint density at radius 2 is 2.06 bits per heavy atom. The van der Waals surface area contributed by atoms with Gasteiger partial charge >= 0.3 is 0 Å². The highest BCUT2D eigenvalue weighted by Gasteiger charge is 2.21. The largest absolute Gasteiger partial charge is 0.488 e. The molecule has 0 amide bonds. The molecule has 0 aliphatic heterocycles. The van der Waals surface area contributed by atoms with E-state index in [0.29, 0.717) is 0 Å². The monoisotopic (exact) mass is 221 g/mol. The zero-order valence-electron chi connectivity index (χ0n) is 10.8. The number of ether oxygens (including phenoxy) is 1. The summed E-state index contributed by atoms with van der Waals surface area (Å²) in [7, 11) is 0. The Balaban J connectivity index is 2.71. The number of rotatable bonds is 5. The fourth-order valence-corrected chi connectivity index (χ4v) is 1.96. The predicted octanol–water partition coefficient (Wildman–Crippen LogP) is 3.14. The van der Waals surface area contributed by atoms with Crippen molar-refractivity contribution in [1.82, 2.24) is 0 Å². The molecule has 0 aliphatic carbocycles. The SMILES string of the molecule is CCc1cccc(OC(C)(C)CC(C)N)c1. The Bertz CT molecular complexity index is 331. The Kier molecular flexibility index (Phi) is 4.36. The van der Waals surface area contributed by atoms with Gasteiger partial charge in [-0.15, -0.1) is 0 Å². The average molecular weight is 221 g/mol. The van der Waals surface area contributed by atoms with Crippen molar-refractivity contribution in [3.8, 4) is 5.75 Å². The fraction of sp³-hybridized carbons (Fsp3) is 0.571. The molecule has 2 N–H and O–H groups in total. The quantitative estimate of drug-likeness (QED) is 0.829. The Hall–Kier alpha value is -1.02.